The van der Waals surface area contributed by atoms with Gasteiger partial charge in [-0.25, -0.2) is 15.0 Å². The van der Waals surface area contributed by atoms with Gasteiger partial charge in [-0.2, -0.15) is 26.3 Å². The third-order valence-corrected chi connectivity index (χ3v) is 6.93. The third-order valence-electron chi connectivity index (χ3n) is 6.40. The molecule has 0 spiro atoms. The van der Waals surface area contributed by atoms with Crippen LogP contribution in [0.25, 0.3) is 34.2 Å². The van der Waals surface area contributed by atoms with Crippen molar-refractivity contribution in [2.24, 2.45) is 0 Å². The molecule has 0 aliphatic heterocycles. The summed E-state index contributed by atoms with van der Waals surface area (Å²) in [5, 5.41) is 0. The highest BCUT2D eigenvalue weighted by Crippen LogP contribution is 2.56. The topological polar surface area (TPSA) is 38.7 Å². The fourth-order valence-corrected chi connectivity index (χ4v) is 4.75. The molecule has 5 rings (SSSR count). The van der Waals surface area contributed by atoms with Gasteiger partial charge in [-0.05, 0) is 23.3 Å². The predicted molar refractivity (Wildman–Crippen MR) is 143 cm³/mol. The van der Waals surface area contributed by atoms with Crippen LogP contribution in [-0.2, 0) is 5.41 Å². The Hall–Kier alpha value is -4.05. The van der Waals surface area contributed by atoms with Crippen LogP contribution in [0.3, 0.4) is 0 Å². The second-order valence-electron chi connectivity index (χ2n) is 8.87. The number of halogens is 7. The van der Waals surface area contributed by atoms with E-state index in [0.29, 0.717) is 27.2 Å². The van der Waals surface area contributed by atoms with Gasteiger partial charge in [-0.3, -0.25) is 0 Å². The SMILES string of the molecule is FC(F)(F)C(c1ccc(Br)cc1)(c1ccc(-c2nc(-c3ccccc3)nc(-c3ccccc3)n2)cc1)C(F)(F)F. The van der Waals surface area contributed by atoms with Crippen LogP contribution in [0, 0.1) is 0 Å². The molecule has 0 fully saturated rings. The summed E-state index contributed by atoms with van der Waals surface area (Å²) in [6, 6.07) is 25.9. The molecule has 0 radical (unpaired) electrons. The Morgan fingerprint density at radius 2 is 0.750 bits per heavy atom. The zero-order chi connectivity index (χ0) is 28.5. The number of rotatable bonds is 5. The summed E-state index contributed by atoms with van der Waals surface area (Å²) < 4.78 is 87.2. The average molecular weight is 614 g/mol. The Labute approximate surface area is 233 Å². The molecule has 40 heavy (non-hydrogen) atoms. The average Bonchev–Trinajstić information content (AvgIpc) is 2.94. The van der Waals surface area contributed by atoms with Crippen LogP contribution in [0.1, 0.15) is 11.1 Å². The normalized spacial score (nSPS) is 12.4. The second kappa shape index (κ2) is 10.5. The van der Waals surface area contributed by atoms with E-state index in [2.05, 4.69) is 30.9 Å². The van der Waals surface area contributed by atoms with Crippen molar-refractivity contribution in [2.75, 3.05) is 0 Å². The number of hydrogen-bond donors (Lipinski definition) is 0. The Morgan fingerprint density at radius 3 is 1.10 bits per heavy atom. The van der Waals surface area contributed by atoms with Crippen molar-refractivity contribution in [1.29, 1.82) is 0 Å². The summed E-state index contributed by atoms with van der Waals surface area (Å²) in [5.41, 5.74) is -4.59. The molecule has 0 aliphatic rings. The molecule has 5 aromatic rings. The first-order chi connectivity index (χ1) is 19.0. The van der Waals surface area contributed by atoms with Crippen LogP contribution in [0.15, 0.2) is 114 Å². The Bertz CT molecular complexity index is 1530. The van der Waals surface area contributed by atoms with Crippen LogP contribution in [0.2, 0.25) is 0 Å². The standard InChI is InChI=1S/C30H18BrF6N3/c31-24-17-15-23(16-18-24)28(29(32,33)34,30(35,36)37)22-13-11-21(12-14-22)27-39-25(19-7-3-1-4-8-19)38-26(40-27)20-9-5-2-6-10-20/h1-18H. The first-order valence-corrected chi connectivity index (χ1v) is 12.7. The number of alkyl halides is 6. The highest BCUT2D eigenvalue weighted by Gasteiger charge is 2.72. The molecule has 4 aromatic carbocycles. The van der Waals surface area contributed by atoms with E-state index in [1.165, 1.54) is 12.1 Å². The van der Waals surface area contributed by atoms with Gasteiger partial charge in [-0.15, -0.1) is 0 Å². The molecule has 1 heterocycles. The van der Waals surface area contributed by atoms with Crippen LogP contribution in [0.5, 0.6) is 0 Å². The van der Waals surface area contributed by atoms with Gasteiger partial charge in [0.15, 0.2) is 17.5 Å². The van der Waals surface area contributed by atoms with E-state index < -0.39 is 28.9 Å². The number of hydrogen-bond acceptors (Lipinski definition) is 3. The minimum Gasteiger partial charge on any atom is -0.208 e. The van der Waals surface area contributed by atoms with Gasteiger partial charge >= 0.3 is 12.4 Å². The number of nitrogens with zero attached hydrogens (tertiary/aromatic N) is 3. The lowest BCUT2D eigenvalue weighted by atomic mass is 9.73. The first-order valence-electron chi connectivity index (χ1n) is 11.9. The van der Waals surface area contributed by atoms with Crippen molar-refractivity contribution in [3.8, 4) is 34.2 Å². The van der Waals surface area contributed by atoms with Gasteiger partial charge in [-0.1, -0.05) is 113 Å². The summed E-state index contributed by atoms with van der Waals surface area (Å²) >= 11 is 3.07. The molecule has 202 valence electrons. The van der Waals surface area contributed by atoms with E-state index >= 15 is 0 Å². The third kappa shape index (κ3) is 4.99. The molecule has 0 bridgehead atoms. The minimum atomic E-state index is -5.69. The summed E-state index contributed by atoms with van der Waals surface area (Å²) in [5.74, 6) is 0.721. The van der Waals surface area contributed by atoms with Crippen LogP contribution < -0.4 is 0 Å². The molecule has 10 heteroatoms. The molecule has 0 saturated heterocycles. The minimum absolute atomic E-state index is 0.104. The highest BCUT2D eigenvalue weighted by atomic mass is 79.9. The van der Waals surface area contributed by atoms with E-state index in [1.54, 1.807) is 48.5 Å². The smallest absolute Gasteiger partial charge is 0.208 e. The Morgan fingerprint density at radius 1 is 0.425 bits per heavy atom. The molecule has 0 amide bonds. The molecule has 0 saturated carbocycles. The van der Waals surface area contributed by atoms with Gasteiger partial charge in [0.25, 0.3) is 0 Å². The van der Waals surface area contributed by atoms with Gasteiger partial charge < -0.3 is 0 Å². The second-order valence-corrected chi connectivity index (χ2v) is 9.78. The van der Waals surface area contributed by atoms with E-state index in [-0.39, 0.29) is 11.4 Å². The lowest BCUT2D eigenvalue weighted by Crippen LogP contribution is -2.54. The van der Waals surface area contributed by atoms with Gasteiger partial charge in [0.2, 0.25) is 5.41 Å². The first kappa shape index (κ1) is 27.5. The largest absolute Gasteiger partial charge is 0.411 e. The maximum atomic E-state index is 14.5. The monoisotopic (exact) mass is 613 g/mol. The van der Waals surface area contributed by atoms with Crippen molar-refractivity contribution >= 4 is 15.9 Å². The maximum Gasteiger partial charge on any atom is 0.411 e. The zero-order valence-corrected chi connectivity index (χ0v) is 22.0. The summed E-state index contributed by atoms with van der Waals surface area (Å²) in [6.07, 6.45) is -11.4. The Kier molecular flexibility index (Phi) is 7.22. The number of benzene rings is 4. The van der Waals surface area contributed by atoms with Crippen molar-refractivity contribution in [1.82, 2.24) is 15.0 Å². The van der Waals surface area contributed by atoms with E-state index in [4.69, 9.17) is 0 Å². The molecule has 0 atom stereocenters. The molecular formula is C30H18BrF6N3. The molecule has 0 unspecified atom stereocenters. The molecular weight excluding hydrogens is 596 g/mol. The lowest BCUT2D eigenvalue weighted by Gasteiger charge is -2.38. The Balaban J connectivity index is 1.67. The van der Waals surface area contributed by atoms with Crippen molar-refractivity contribution < 1.29 is 26.3 Å². The summed E-state index contributed by atoms with van der Waals surface area (Å²) in [4.78, 5) is 13.5. The summed E-state index contributed by atoms with van der Waals surface area (Å²) in [6.45, 7) is 0. The fraction of sp³-hybridized carbons (Fsp3) is 0.100. The van der Waals surface area contributed by atoms with Crippen LogP contribution in [-0.4, -0.2) is 27.3 Å². The molecule has 3 nitrogen and oxygen atoms in total. The van der Waals surface area contributed by atoms with Crippen molar-refractivity contribution in [2.45, 2.75) is 17.8 Å². The maximum absolute atomic E-state index is 14.5. The van der Waals surface area contributed by atoms with Gasteiger partial charge in [0.1, 0.15) is 0 Å². The quantitative estimate of drug-likeness (QED) is 0.186. The van der Waals surface area contributed by atoms with Crippen molar-refractivity contribution in [3.05, 3.63) is 125 Å². The van der Waals surface area contributed by atoms with E-state index in [9.17, 15) is 26.3 Å². The molecule has 1 aromatic heterocycles. The highest BCUT2D eigenvalue weighted by molar-refractivity contribution is 9.10. The van der Waals surface area contributed by atoms with E-state index in [1.807, 2.05) is 12.1 Å². The number of aromatic nitrogens is 3. The van der Waals surface area contributed by atoms with Gasteiger partial charge in [0, 0.05) is 21.2 Å². The fourth-order valence-electron chi connectivity index (χ4n) is 4.49. The predicted octanol–water partition coefficient (Wildman–Crippen LogP) is 9.05. The van der Waals surface area contributed by atoms with Crippen LogP contribution >= 0.6 is 15.9 Å². The van der Waals surface area contributed by atoms with Crippen LogP contribution in [0.4, 0.5) is 26.3 Å². The lowest BCUT2D eigenvalue weighted by molar-refractivity contribution is -0.288. The molecule has 0 N–H and O–H groups in total. The zero-order valence-electron chi connectivity index (χ0n) is 20.4. The molecule has 0 aliphatic carbocycles. The van der Waals surface area contributed by atoms with E-state index in [0.717, 1.165) is 36.4 Å². The van der Waals surface area contributed by atoms with Gasteiger partial charge in [0.05, 0.1) is 0 Å². The van der Waals surface area contributed by atoms with Crippen molar-refractivity contribution in [3.63, 3.8) is 0 Å². The summed E-state index contributed by atoms with van der Waals surface area (Å²) in [7, 11) is 0.